The third kappa shape index (κ3) is 1.21. The lowest BCUT2D eigenvalue weighted by Gasteiger charge is -1.92. The van der Waals surface area contributed by atoms with E-state index in [0.29, 0.717) is 11.3 Å². The van der Waals surface area contributed by atoms with Gasteiger partial charge in [-0.05, 0) is 12.1 Å². The fourth-order valence-electron chi connectivity index (χ4n) is 0.558. The summed E-state index contributed by atoms with van der Waals surface area (Å²) in [5.74, 6) is 0.650. The lowest BCUT2D eigenvalue weighted by molar-refractivity contribution is 0.346. The van der Waals surface area contributed by atoms with Crippen LogP contribution in [0.25, 0.3) is 5.57 Å². The molecule has 1 rings (SSSR count). The summed E-state index contributed by atoms with van der Waals surface area (Å²) >= 11 is 0. The van der Waals surface area contributed by atoms with Gasteiger partial charge in [-0.3, -0.25) is 0 Å². The topological polar surface area (TPSA) is 33.4 Å². The van der Waals surface area contributed by atoms with Gasteiger partial charge in [0.15, 0.2) is 0 Å². The highest BCUT2D eigenvalue weighted by Crippen LogP contribution is 2.10. The Morgan fingerprint density at radius 3 is 3.00 bits per heavy atom. The van der Waals surface area contributed by atoms with Gasteiger partial charge in [0.1, 0.15) is 5.76 Å². The van der Waals surface area contributed by atoms with E-state index in [-0.39, 0.29) is 6.61 Å². The molecule has 0 spiro atoms. The quantitative estimate of drug-likeness (QED) is 0.644. The van der Waals surface area contributed by atoms with E-state index in [1.807, 2.05) is 0 Å². The number of rotatable bonds is 2. The Balaban J connectivity index is 2.77. The highest BCUT2D eigenvalue weighted by atomic mass is 16.3. The summed E-state index contributed by atoms with van der Waals surface area (Å²) in [4.78, 5) is 0. The van der Waals surface area contributed by atoms with E-state index in [1.165, 1.54) is 0 Å². The van der Waals surface area contributed by atoms with E-state index in [4.69, 9.17) is 9.52 Å². The van der Waals surface area contributed by atoms with Crippen molar-refractivity contribution in [1.29, 1.82) is 0 Å². The smallest absolute Gasteiger partial charge is 0.131 e. The molecule has 1 N–H and O–H groups in total. The largest absolute Gasteiger partial charge is 0.465 e. The first kappa shape index (κ1) is 6.11. The van der Waals surface area contributed by atoms with Crippen LogP contribution in [0.2, 0.25) is 0 Å². The predicted octanol–water partition coefficient (Wildman–Crippen LogP) is 1.29. The molecule has 0 saturated heterocycles. The van der Waals surface area contributed by atoms with E-state index in [0.717, 1.165) is 0 Å². The summed E-state index contributed by atoms with van der Waals surface area (Å²) < 4.78 is 4.93. The minimum Gasteiger partial charge on any atom is -0.465 e. The van der Waals surface area contributed by atoms with Crippen molar-refractivity contribution < 1.29 is 9.52 Å². The molecule has 0 saturated carbocycles. The monoisotopic (exact) mass is 124 g/mol. The van der Waals surface area contributed by atoms with Gasteiger partial charge in [0.2, 0.25) is 0 Å². The van der Waals surface area contributed by atoms with Gasteiger partial charge in [-0.25, -0.2) is 0 Å². The van der Waals surface area contributed by atoms with E-state index in [1.54, 1.807) is 18.4 Å². The second kappa shape index (κ2) is 2.51. The van der Waals surface area contributed by atoms with Crippen molar-refractivity contribution in [1.82, 2.24) is 0 Å². The number of aliphatic hydroxyl groups is 1. The fourth-order valence-corrected chi connectivity index (χ4v) is 0.558. The molecule has 9 heavy (non-hydrogen) atoms. The lowest BCUT2D eigenvalue weighted by Crippen LogP contribution is -1.83. The molecule has 1 aromatic heterocycles. The molecule has 2 heteroatoms. The first-order valence-corrected chi connectivity index (χ1v) is 2.67. The molecule has 1 heterocycles. The molecular weight excluding hydrogens is 116 g/mol. The molecule has 0 aromatic carbocycles. The average molecular weight is 124 g/mol. The van der Waals surface area contributed by atoms with Crippen molar-refractivity contribution in [3.63, 3.8) is 0 Å². The van der Waals surface area contributed by atoms with Gasteiger partial charge < -0.3 is 9.52 Å². The van der Waals surface area contributed by atoms with Crippen molar-refractivity contribution in [2.24, 2.45) is 0 Å². The molecule has 0 aliphatic carbocycles. The minimum absolute atomic E-state index is 0.0481. The standard InChI is InChI=1S/C7H8O2/c1-6(5-8)7-3-2-4-9-7/h2-4,8H,1,5H2. The zero-order valence-electron chi connectivity index (χ0n) is 5.00. The molecule has 0 fully saturated rings. The summed E-state index contributed by atoms with van der Waals surface area (Å²) in [6.45, 7) is 3.52. The summed E-state index contributed by atoms with van der Waals surface area (Å²) in [6, 6.07) is 3.52. The van der Waals surface area contributed by atoms with Crippen molar-refractivity contribution in [2.45, 2.75) is 0 Å². The van der Waals surface area contributed by atoms with Crippen molar-refractivity contribution in [2.75, 3.05) is 6.61 Å². The normalized spacial score (nSPS) is 9.44. The molecule has 2 nitrogen and oxygen atoms in total. The van der Waals surface area contributed by atoms with E-state index in [2.05, 4.69) is 6.58 Å². The zero-order valence-corrected chi connectivity index (χ0v) is 5.00. The van der Waals surface area contributed by atoms with Crippen LogP contribution in [-0.4, -0.2) is 11.7 Å². The van der Waals surface area contributed by atoms with Crippen LogP contribution in [0, 0.1) is 0 Å². The zero-order chi connectivity index (χ0) is 6.69. The van der Waals surface area contributed by atoms with Crippen LogP contribution >= 0.6 is 0 Å². The third-order valence-corrected chi connectivity index (χ3v) is 1.06. The second-order valence-electron chi connectivity index (χ2n) is 1.74. The maximum atomic E-state index is 8.55. The second-order valence-corrected chi connectivity index (χ2v) is 1.74. The lowest BCUT2D eigenvalue weighted by atomic mass is 10.2. The molecule has 0 amide bonds. The number of aliphatic hydroxyl groups excluding tert-OH is 1. The van der Waals surface area contributed by atoms with E-state index >= 15 is 0 Å². The van der Waals surface area contributed by atoms with Crippen LogP contribution in [0.15, 0.2) is 29.4 Å². The van der Waals surface area contributed by atoms with Crippen LogP contribution in [-0.2, 0) is 0 Å². The predicted molar refractivity (Wildman–Crippen MR) is 34.8 cm³/mol. The Morgan fingerprint density at radius 2 is 2.56 bits per heavy atom. The molecule has 0 aliphatic heterocycles. The van der Waals surface area contributed by atoms with Gasteiger partial charge in [-0.15, -0.1) is 0 Å². The summed E-state index contributed by atoms with van der Waals surface area (Å²) in [5, 5.41) is 8.55. The molecule has 0 radical (unpaired) electrons. The van der Waals surface area contributed by atoms with Crippen LogP contribution in [0.1, 0.15) is 5.76 Å². The molecular formula is C7H8O2. The van der Waals surface area contributed by atoms with Gasteiger partial charge in [0, 0.05) is 5.57 Å². The Morgan fingerprint density at radius 1 is 1.78 bits per heavy atom. The van der Waals surface area contributed by atoms with Crippen molar-refractivity contribution in [3.8, 4) is 0 Å². The van der Waals surface area contributed by atoms with Crippen LogP contribution in [0.4, 0.5) is 0 Å². The Hall–Kier alpha value is -1.02. The molecule has 1 aromatic rings. The SMILES string of the molecule is C=C(CO)c1ccco1. The summed E-state index contributed by atoms with van der Waals surface area (Å²) in [5.41, 5.74) is 0.611. The molecule has 0 unspecified atom stereocenters. The van der Waals surface area contributed by atoms with Gasteiger partial charge >= 0.3 is 0 Å². The maximum absolute atomic E-state index is 8.55. The average Bonchev–Trinajstić information content (AvgIpc) is 2.37. The number of hydrogen-bond donors (Lipinski definition) is 1. The van der Waals surface area contributed by atoms with Gasteiger partial charge in [-0.2, -0.15) is 0 Å². The van der Waals surface area contributed by atoms with Gasteiger partial charge in [-0.1, -0.05) is 6.58 Å². The summed E-state index contributed by atoms with van der Waals surface area (Å²) in [6.07, 6.45) is 1.55. The number of furan rings is 1. The molecule has 0 atom stereocenters. The highest BCUT2D eigenvalue weighted by molar-refractivity contribution is 5.58. The van der Waals surface area contributed by atoms with Crippen molar-refractivity contribution in [3.05, 3.63) is 30.7 Å². The fraction of sp³-hybridized carbons (Fsp3) is 0.143. The first-order valence-electron chi connectivity index (χ1n) is 2.67. The molecule has 48 valence electrons. The van der Waals surface area contributed by atoms with Crippen LogP contribution in [0.3, 0.4) is 0 Å². The van der Waals surface area contributed by atoms with Crippen LogP contribution < -0.4 is 0 Å². The maximum Gasteiger partial charge on any atom is 0.131 e. The Bertz CT molecular complexity index is 187. The van der Waals surface area contributed by atoms with E-state index < -0.39 is 0 Å². The van der Waals surface area contributed by atoms with Crippen LogP contribution in [0.5, 0.6) is 0 Å². The van der Waals surface area contributed by atoms with E-state index in [9.17, 15) is 0 Å². The number of hydrogen-bond acceptors (Lipinski definition) is 2. The summed E-state index contributed by atoms with van der Waals surface area (Å²) in [7, 11) is 0. The van der Waals surface area contributed by atoms with Gasteiger partial charge in [0.05, 0.1) is 12.9 Å². The Labute approximate surface area is 53.4 Å². The Kier molecular flexibility index (Phi) is 1.70. The molecule has 0 aliphatic rings. The third-order valence-electron chi connectivity index (χ3n) is 1.06. The molecule has 0 bridgehead atoms. The minimum atomic E-state index is -0.0481. The first-order chi connectivity index (χ1) is 4.34. The van der Waals surface area contributed by atoms with Gasteiger partial charge in [0.25, 0.3) is 0 Å². The van der Waals surface area contributed by atoms with Crippen molar-refractivity contribution >= 4 is 5.57 Å². The highest BCUT2D eigenvalue weighted by Gasteiger charge is 1.96.